The molecule has 0 saturated heterocycles. The number of anilines is 2. The van der Waals surface area contributed by atoms with Gasteiger partial charge in [0.15, 0.2) is 5.82 Å². The first-order chi connectivity index (χ1) is 12.8. The molecule has 27 heavy (non-hydrogen) atoms. The summed E-state index contributed by atoms with van der Waals surface area (Å²) in [5, 5.41) is 16.0. The number of amides is 2. The van der Waals surface area contributed by atoms with E-state index < -0.39 is 0 Å². The Bertz CT molecular complexity index is 1070. The normalized spacial score (nSPS) is 10.5. The molecule has 0 aliphatic carbocycles. The molecular weight excluding hydrogens is 372 g/mol. The topological polar surface area (TPSA) is 122 Å². The molecule has 2 amide bonds. The van der Waals surface area contributed by atoms with E-state index in [1.54, 1.807) is 25.1 Å². The van der Waals surface area contributed by atoms with Gasteiger partial charge in [0.1, 0.15) is 0 Å². The highest BCUT2D eigenvalue weighted by atomic mass is 35.5. The highest BCUT2D eigenvalue weighted by Gasteiger charge is 2.16. The lowest BCUT2D eigenvalue weighted by molar-refractivity contribution is -0.114. The number of benzene rings is 1. The standard InChI is InChI=1S/C17H15ClN6O3/c1-9-12(8-19-24(9)15-5-6-16(26)23-22-15)17(27)21-11-3-4-13(18)14(7-11)20-10(2)25/h3-8H,1-2H3,(H,20,25)(H,21,27)(H,23,26). The fourth-order valence-corrected chi connectivity index (χ4v) is 2.57. The Morgan fingerprint density at radius 1 is 1.19 bits per heavy atom. The zero-order valence-electron chi connectivity index (χ0n) is 14.4. The molecule has 3 aromatic rings. The zero-order valence-corrected chi connectivity index (χ0v) is 15.2. The van der Waals surface area contributed by atoms with Crippen LogP contribution < -0.4 is 16.2 Å². The first kappa shape index (κ1) is 18.3. The van der Waals surface area contributed by atoms with Crippen LogP contribution in [0, 0.1) is 6.92 Å². The number of hydrogen-bond donors (Lipinski definition) is 3. The minimum absolute atomic E-state index is 0.272. The molecule has 0 saturated carbocycles. The fraction of sp³-hybridized carbons (Fsp3) is 0.118. The summed E-state index contributed by atoms with van der Waals surface area (Å²) in [6.45, 7) is 3.07. The number of H-pyrrole nitrogens is 1. The molecule has 0 unspecified atom stereocenters. The predicted molar refractivity (Wildman–Crippen MR) is 100 cm³/mol. The average molecular weight is 387 g/mol. The van der Waals surface area contributed by atoms with Gasteiger partial charge in [0, 0.05) is 18.7 Å². The highest BCUT2D eigenvalue weighted by Crippen LogP contribution is 2.26. The summed E-state index contributed by atoms with van der Waals surface area (Å²) in [5.41, 5.74) is 1.40. The van der Waals surface area contributed by atoms with Crippen LogP contribution in [0.25, 0.3) is 5.82 Å². The number of nitrogens with one attached hydrogen (secondary N) is 3. The lowest BCUT2D eigenvalue weighted by Gasteiger charge is -2.09. The molecule has 3 rings (SSSR count). The van der Waals surface area contributed by atoms with Crippen LogP contribution in [-0.4, -0.2) is 31.8 Å². The van der Waals surface area contributed by atoms with Crippen molar-refractivity contribution >= 4 is 34.8 Å². The minimum Gasteiger partial charge on any atom is -0.325 e. The van der Waals surface area contributed by atoms with Gasteiger partial charge >= 0.3 is 0 Å². The molecule has 3 N–H and O–H groups in total. The van der Waals surface area contributed by atoms with Crippen molar-refractivity contribution in [1.82, 2.24) is 20.0 Å². The Balaban J connectivity index is 1.84. The molecule has 2 heterocycles. The van der Waals surface area contributed by atoms with E-state index in [1.807, 2.05) is 0 Å². The third-order valence-electron chi connectivity index (χ3n) is 3.67. The van der Waals surface area contributed by atoms with E-state index in [0.717, 1.165) is 0 Å². The lowest BCUT2D eigenvalue weighted by Crippen LogP contribution is -2.14. The number of aromatic amines is 1. The summed E-state index contributed by atoms with van der Waals surface area (Å²) >= 11 is 6.03. The first-order valence-electron chi connectivity index (χ1n) is 7.84. The lowest BCUT2D eigenvalue weighted by atomic mass is 10.2. The van der Waals surface area contributed by atoms with Crippen LogP contribution in [0.15, 0.2) is 41.3 Å². The second kappa shape index (κ2) is 7.42. The summed E-state index contributed by atoms with van der Waals surface area (Å²) in [7, 11) is 0. The Morgan fingerprint density at radius 3 is 2.63 bits per heavy atom. The van der Waals surface area contributed by atoms with Crippen molar-refractivity contribution in [2.75, 3.05) is 10.6 Å². The van der Waals surface area contributed by atoms with Crippen molar-refractivity contribution in [2.24, 2.45) is 0 Å². The van der Waals surface area contributed by atoms with Gasteiger partial charge in [-0.15, -0.1) is 0 Å². The number of aromatic nitrogens is 4. The molecule has 0 radical (unpaired) electrons. The monoisotopic (exact) mass is 386 g/mol. The number of nitrogens with zero attached hydrogens (tertiary/aromatic N) is 3. The minimum atomic E-state index is -0.390. The van der Waals surface area contributed by atoms with E-state index in [-0.39, 0.29) is 17.4 Å². The summed E-state index contributed by atoms with van der Waals surface area (Å²) in [5.74, 6) is -0.282. The van der Waals surface area contributed by atoms with Gasteiger partial charge in [-0.1, -0.05) is 11.6 Å². The molecule has 1 aromatic carbocycles. The summed E-state index contributed by atoms with van der Waals surface area (Å²) < 4.78 is 1.44. The molecule has 2 aromatic heterocycles. The van der Waals surface area contributed by atoms with Crippen molar-refractivity contribution in [2.45, 2.75) is 13.8 Å². The van der Waals surface area contributed by atoms with E-state index in [4.69, 9.17) is 11.6 Å². The summed E-state index contributed by atoms with van der Waals surface area (Å²) in [4.78, 5) is 34.9. The molecule has 0 atom stereocenters. The van der Waals surface area contributed by atoms with Gasteiger partial charge in [0.25, 0.3) is 11.5 Å². The van der Waals surface area contributed by atoms with E-state index >= 15 is 0 Å². The van der Waals surface area contributed by atoms with E-state index in [1.165, 1.54) is 29.9 Å². The van der Waals surface area contributed by atoms with E-state index in [0.29, 0.717) is 33.5 Å². The van der Waals surface area contributed by atoms with Crippen molar-refractivity contribution in [3.8, 4) is 5.82 Å². The highest BCUT2D eigenvalue weighted by molar-refractivity contribution is 6.33. The van der Waals surface area contributed by atoms with Crippen LogP contribution >= 0.6 is 11.6 Å². The molecule has 0 aliphatic heterocycles. The summed E-state index contributed by atoms with van der Waals surface area (Å²) in [6, 6.07) is 7.57. The van der Waals surface area contributed by atoms with Gasteiger partial charge in [-0.25, -0.2) is 9.78 Å². The largest absolute Gasteiger partial charge is 0.325 e. The van der Waals surface area contributed by atoms with Gasteiger partial charge in [0.2, 0.25) is 5.91 Å². The second-order valence-corrected chi connectivity index (χ2v) is 6.07. The van der Waals surface area contributed by atoms with Crippen molar-refractivity contribution in [3.63, 3.8) is 0 Å². The van der Waals surface area contributed by atoms with E-state index in [9.17, 15) is 14.4 Å². The molecule has 9 nitrogen and oxygen atoms in total. The number of rotatable bonds is 4. The van der Waals surface area contributed by atoms with Crippen LogP contribution in [0.3, 0.4) is 0 Å². The Morgan fingerprint density at radius 2 is 1.96 bits per heavy atom. The van der Waals surface area contributed by atoms with E-state index in [2.05, 4.69) is 25.9 Å². The van der Waals surface area contributed by atoms with Crippen LogP contribution in [0.5, 0.6) is 0 Å². The van der Waals surface area contributed by atoms with Crippen LogP contribution in [0.4, 0.5) is 11.4 Å². The van der Waals surface area contributed by atoms with Crippen LogP contribution in [-0.2, 0) is 4.79 Å². The third kappa shape index (κ3) is 4.04. The van der Waals surface area contributed by atoms with Crippen molar-refractivity contribution in [1.29, 1.82) is 0 Å². The zero-order chi connectivity index (χ0) is 19.6. The Kier molecular flexibility index (Phi) is 5.04. The number of hydrogen-bond acceptors (Lipinski definition) is 5. The van der Waals surface area contributed by atoms with Gasteiger partial charge in [-0.3, -0.25) is 14.4 Å². The number of halogens is 1. The van der Waals surface area contributed by atoms with Crippen molar-refractivity contribution < 1.29 is 9.59 Å². The van der Waals surface area contributed by atoms with Gasteiger partial charge in [-0.05, 0) is 31.2 Å². The maximum Gasteiger partial charge on any atom is 0.264 e. The SMILES string of the molecule is CC(=O)Nc1cc(NC(=O)c2cnn(-c3ccc(=O)[nH]n3)c2C)ccc1Cl. The maximum absolute atomic E-state index is 12.6. The van der Waals surface area contributed by atoms with Gasteiger partial charge in [0.05, 0.1) is 28.2 Å². The molecular formula is C17H15ClN6O3. The summed E-state index contributed by atoms with van der Waals surface area (Å²) in [6.07, 6.45) is 1.40. The van der Waals surface area contributed by atoms with Crippen LogP contribution in [0.2, 0.25) is 5.02 Å². The number of carbonyl (C=O) groups excluding carboxylic acids is 2. The van der Waals surface area contributed by atoms with Crippen molar-refractivity contribution in [3.05, 3.63) is 63.2 Å². The molecule has 0 fully saturated rings. The van der Waals surface area contributed by atoms with Gasteiger partial charge in [-0.2, -0.15) is 10.2 Å². The smallest absolute Gasteiger partial charge is 0.264 e. The molecule has 10 heteroatoms. The second-order valence-electron chi connectivity index (χ2n) is 5.66. The number of carbonyl (C=O) groups is 2. The maximum atomic E-state index is 12.6. The average Bonchev–Trinajstić information content (AvgIpc) is 3.00. The first-order valence-corrected chi connectivity index (χ1v) is 8.22. The molecule has 0 aliphatic rings. The third-order valence-corrected chi connectivity index (χ3v) is 4.00. The Labute approximate surface area is 158 Å². The quantitative estimate of drug-likeness (QED) is 0.634. The predicted octanol–water partition coefficient (Wildman–Crippen LogP) is 2.13. The molecule has 0 spiro atoms. The molecule has 138 valence electrons. The van der Waals surface area contributed by atoms with Gasteiger partial charge < -0.3 is 10.6 Å². The Hall–Kier alpha value is -3.46. The van der Waals surface area contributed by atoms with Crippen LogP contribution in [0.1, 0.15) is 23.0 Å². The molecule has 0 bridgehead atoms. The fourth-order valence-electron chi connectivity index (χ4n) is 2.41.